The van der Waals surface area contributed by atoms with Crippen LogP contribution >= 0.6 is 11.8 Å². The van der Waals surface area contributed by atoms with Gasteiger partial charge in [0.2, 0.25) is 11.8 Å². The number of amides is 2. The van der Waals surface area contributed by atoms with Gasteiger partial charge in [0.05, 0.1) is 18.1 Å². The number of fused-ring (bicyclic) bond motifs is 1. The number of primary amides is 1. The number of aliphatic carboxylic acids is 1. The van der Waals surface area contributed by atoms with E-state index in [-0.39, 0.29) is 34.9 Å². The van der Waals surface area contributed by atoms with Crippen molar-refractivity contribution < 1.29 is 24.6 Å². The van der Waals surface area contributed by atoms with Gasteiger partial charge in [-0.15, -0.1) is 11.8 Å². The smallest absolute Gasteiger partial charge is 0.353 e. The van der Waals surface area contributed by atoms with Gasteiger partial charge in [0, 0.05) is 34.2 Å². The fourth-order valence-corrected chi connectivity index (χ4v) is 5.69. The number of nitrogens with two attached hydrogens (primary N) is 1. The van der Waals surface area contributed by atoms with Crippen molar-refractivity contribution in [1.82, 2.24) is 10.2 Å². The van der Waals surface area contributed by atoms with Gasteiger partial charge in [-0.2, -0.15) is 0 Å². The molecular formula is C18H25N3O5S. The second kappa shape index (κ2) is 7.29. The summed E-state index contributed by atoms with van der Waals surface area (Å²) in [5, 5.41) is 23.0. The van der Waals surface area contributed by atoms with Gasteiger partial charge >= 0.3 is 5.97 Å². The molecule has 2 amide bonds. The lowest BCUT2D eigenvalue weighted by Crippen LogP contribution is -2.63. The molecule has 0 aromatic heterocycles. The number of aliphatic hydroxyl groups excluding tert-OH is 1. The van der Waals surface area contributed by atoms with Crippen LogP contribution in [0, 0.1) is 11.8 Å². The Kier molecular flexibility index (Phi) is 5.38. The zero-order valence-electron chi connectivity index (χ0n) is 15.5. The largest absolute Gasteiger partial charge is 0.477 e. The van der Waals surface area contributed by atoms with Gasteiger partial charge in [-0.05, 0) is 20.3 Å². The maximum Gasteiger partial charge on any atom is 0.353 e. The fourth-order valence-electron chi connectivity index (χ4n) is 4.19. The zero-order chi connectivity index (χ0) is 20.0. The standard InChI is InChI=1S/C18H25N3O5S/c1-7(16(19)23)4-10-5-11(6-20-10)27-15-8(2)13-12(9(3)22)17(24)21(13)14(15)18(25)26/h4,8-13,20,22H,5-6H2,1-3H3,(H2,19,23)(H,25,26)/b7-4+/t8-,9-,10-,11+,12-,13-/m1/s1. The average molecular weight is 395 g/mol. The highest BCUT2D eigenvalue weighted by molar-refractivity contribution is 8.03. The second-order valence-corrected chi connectivity index (χ2v) is 8.82. The van der Waals surface area contributed by atoms with E-state index in [0.29, 0.717) is 17.0 Å². The molecule has 2 saturated heterocycles. The number of carbonyl (C=O) groups is 3. The van der Waals surface area contributed by atoms with Crippen LogP contribution in [-0.4, -0.2) is 62.9 Å². The fraction of sp³-hybridized carbons (Fsp3) is 0.611. The van der Waals surface area contributed by atoms with Gasteiger partial charge in [-0.25, -0.2) is 4.79 Å². The van der Waals surface area contributed by atoms with E-state index in [1.165, 1.54) is 16.7 Å². The molecule has 3 aliphatic rings. The first-order valence-electron chi connectivity index (χ1n) is 9.00. The Balaban J connectivity index is 1.77. The number of carboxylic acids is 1. The number of nitrogens with zero attached hydrogens (tertiary/aromatic N) is 1. The van der Waals surface area contributed by atoms with Gasteiger partial charge in [0.15, 0.2) is 0 Å². The van der Waals surface area contributed by atoms with Crippen LogP contribution in [-0.2, 0) is 14.4 Å². The van der Waals surface area contributed by atoms with Crippen molar-refractivity contribution in [3.63, 3.8) is 0 Å². The van der Waals surface area contributed by atoms with Crippen LogP contribution in [0.3, 0.4) is 0 Å². The molecule has 3 aliphatic heterocycles. The number of thioether (sulfide) groups is 1. The van der Waals surface area contributed by atoms with Crippen LogP contribution in [0.1, 0.15) is 27.2 Å². The summed E-state index contributed by atoms with van der Waals surface area (Å²) < 4.78 is 0. The third-order valence-corrected chi connectivity index (χ3v) is 7.08. The number of aliphatic hydroxyl groups is 1. The number of carboxylic acid groups (broad SMARTS) is 1. The van der Waals surface area contributed by atoms with Crippen LogP contribution in [0.15, 0.2) is 22.3 Å². The third kappa shape index (κ3) is 3.39. The summed E-state index contributed by atoms with van der Waals surface area (Å²) in [6.07, 6.45) is 1.73. The van der Waals surface area contributed by atoms with Crippen molar-refractivity contribution in [2.75, 3.05) is 6.54 Å². The monoisotopic (exact) mass is 395 g/mol. The molecule has 0 saturated carbocycles. The van der Waals surface area contributed by atoms with E-state index in [1.54, 1.807) is 19.9 Å². The first-order valence-corrected chi connectivity index (χ1v) is 9.88. The van der Waals surface area contributed by atoms with Crippen molar-refractivity contribution in [3.8, 4) is 0 Å². The highest BCUT2D eigenvalue weighted by atomic mass is 32.2. The van der Waals surface area contributed by atoms with Gasteiger partial charge < -0.3 is 26.2 Å². The first-order chi connectivity index (χ1) is 12.6. The zero-order valence-corrected chi connectivity index (χ0v) is 16.3. The lowest BCUT2D eigenvalue weighted by atomic mass is 9.79. The topological polar surface area (TPSA) is 133 Å². The molecule has 9 heteroatoms. The molecule has 0 bridgehead atoms. The molecule has 6 atom stereocenters. The minimum absolute atomic E-state index is 0.00413. The van der Waals surface area contributed by atoms with Crippen molar-refractivity contribution in [2.24, 2.45) is 17.6 Å². The number of rotatable bonds is 6. The Morgan fingerprint density at radius 1 is 1.44 bits per heavy atom. The summed E-state index contributed by atoms with van der Waals surface area (Å²) >= 11 is 1.48. The molecule has 3 rings (SSSR count). The Morgan fingerprint density at radius 2 is 2.11 bits per heavy atom. The molecule has 8 nitrogen and oxygen atoms in total. The van der Waals surface area contributed by atoms with Gasteiger partial charge in [0.25, 0.3) is 0 Å². The van der Waals surface area contributed by atoms with Crippen LogP contribution in [0.25, 0.3) is 0 Å². The average Bonchev–Trinajstić information content (AvgIpc) is 3.09. The Labute approximate surface area is 161 Å². The minimum Gasteiger partial charge on any atom is -0.477 e. The molecular weight excluding hydrogens is 370 g/mol. The summed E-state index contributed by atoms with van der Waals surface area (Å²) in [5.74, 6) is -2.59. The molecule has 0 aliphatic carbocycles. The summed E-state index contributed by atoms with van der Waals surface area (Å²) in [6, 6.07) is -0.294. The maximum absolute atomic E-state index is 12.4. The van der Waals surface area contributed by atoms with Crippen LogP contribution in [0.4, 0.5) is 0 Å². The molecule has 148 valence electrons. The van der Waals surface area contributed by atoms with Gasteiger partial charge in [-0.1, -0.05) is 13.0 Å². The number of nitrogens with one attached hydrogen (secondary N) is 1. The van der Waals surface area contributed by atoms with E-state index in [1.807, 2.05) is 6.92 Å². The van der Waals surface area contributed by atoms with Crippen LogP contribution in [0.2, 0.25) is 0 Å². The van der Waals surface area contributed by atoms with E-state index in [4.69, 9.17) is 5.73 Å². The van der Waals surface area contributed by atoms with Crippen molar-refractivity contribution >= 4 is 29.5 Å². The molecule has 0 unspecified atom stereocenters. The maximum atomic E-state index is 12.4. The molecule has 0 aromatic carbocycles. The van der Waals surface area contributed by atoms with E-state index in [0.717, 1.165) is 6.42 Å². The normalized spacial score (nSPS) is 34.5. The van der Waals surface area contributed by atoms with E-state index in [2.05, 4.69) is 5.32 Å². The van der Waals surface area contributed by atoms with E-state index < -0.39 is 23.9 Å². The van der Waals surface area contributed by atoms with Crippen molar-refractivity contribution in [1.29, 1.82) is 0 Å². The quantitative estimate of drug-likeness (QED) is 0.368. The van der Waals surface area contributed by atoms with Gasteiger partial charge in [0.1, 0.15) is 5.70 Å². The third-order valence-electron chi connectivity index (χ3n) is 5.57. The molecule has 0 spiro atoms. The molecule has 5 N–H and O–H groups in total. The van der Waals surface area contributed by atoms with Crippen LogP contribution < -0.4 is 11.1 Å². The molecule has 3 heterocycles. The lowest BCUT2D eigenvalue weighted by Gasteiger charge is -2.46. The molecule has 0 radical (unpaired) electrons. The number of hydrogen-bond donors (Lipinski definition) is 4. The summed E-state index contributed by atoms with van der Waals surface area (Å²) in [5.41, 5.74) is 5.81. The lowest BCUT2D eigenvalue weighted by molar-refractivity contribution is -0.163. The van der Waals surface area contributed by atoms with E-state index in [9.17, 15) is 24.6 Å². The van der Waals surface area contributed by atoms with E-state index >= 15 is 0 Å². The summed E-state index contributed by atoms with van der Waals surface area (Å²) in [6.45, 7) is 5.81. The number of carbonyl (C=O) groups excluding carboxylic acids is 2. The Hall–Kier alpha value is -1.84. The summed E-state index contributed by atoms with van der Waals surface area (Å²) in [7, 11) is 0. The summed E-state index contributed by atoms with van der Waals surface area (Å²) in [4.78, 5) is 37.4. The molecule has 27 heavy (non-hydrogen) atoms. The molecule has 2 fully saturated rings. The first kappa shape index (κ1) is 19.9. The second-order valence-electron chi connectivity index (χ2n) is 7.48. The number of hydrogen-bond acceptors (Lipinski definition) is 6. The van der Waals surface area contributed by atoms with Gasteiger partial charge in [-0.3, -0.25) is 9.59 Å². The Bertz CT molecular complexity index is 747. The minimum atomic E-state index is -1.11. The predicted molar refractivity (Wildman–Crippen MR) is 100 cm³/mol. The molecule has 0 aromatic rings. The SMILES string of the molecule is C/C(=C\[C@@H]1C[C@H](SC2=C(C(=O)O)N3C(=O)[C@H]([C@@H](C)O)[C@H]3[C@H]2C)CN1)C(N)=O. The number of β-lactam (4-membered cyclic amide) rings is 1. The highest BCUT2D eigenvalue weighted by Gasteiger charge is 2.60. The Morgan fingerprint density at radius 3 is 2.67 bits per heavy atom. The van der Waals surface area contributed by atoms with Crippen molar-refractivity contribution in [3.05, 3.63) is 22.3 Å². The predicted octanol–water partition coefficient (Wildman–Crippen LogP) is 0.0354. The highest BCUT2D eigenvalue weighted by Crippen LogP contribution is 2.51. The van der Waals surface area contributed by atoms with Crippen LogP contribution in [0.5, 0.6) is 0 Å². The van der Waals surface area contributed by atoms with Crippen molar-refractivity contribution in [2.45, 2.75) is 50.6 Å².